The zero-order valence-corrected chi connectivity index (χ0v) is 15.9. The van der Waals surface area contributed by atoms with Gasteiger partial charge in [-0.1, -0.05) is 37.6 Å². The lowest BCUT2D eigenvalue weighted by molar-refractivity contribution is 0.0734. The molecule has 0 N–H and O–H groups in total. The SMILES string of the molecule is CCN(CC)S(=O)(=O)c1ccc(Cl)c(C(=O)Oc2cccc(C)c2)c1. The van der Waals surface area contributed by atoms with Crippen LogP contribution in [-0.2, 0) is 10.0 Å². The number of rotatable bonds is 6. The van der Waals surface area contributed by atoms with E-state index in [-0.39, 0.29) is 15.5 Å². The Balaban J connectivity index is 2.37. The van der Waals surface area contributed by atoms with E-state index >= 15 is 0 Å². The molecule has 0 spiro atoms. The minimum absolute atomic E-state index is 0.0106. The molecule has 0 radical (unpaired) electrons. The summed E-state index contributed by atoms with van der Waals surface area (Å²) in [5.74, 6) is -0.328. The van der Waals surface area contributed by atoms with E-state index in [1.807, 2.05) is 13.0 Å². The van der Waals surface area contributed by atoms with Gasteiger partial charge < -0.3 is 4.74 Å². The molecule has 0 fully saturated rings. The van der Waals surface area contributed by atoms with E-state index in [4.69, 9.17) is 16.3 Å². The average Bonchev–Trinajstić information content (AvgIpc) is 2.55. The largest absolute Gasteiger partial charge is 0.423 e. The van der Waals surface area contributed by atoms with E-state index in [1.54, 1.807) is 32.0 Å². The summed E-state index contributed by atoms with van der Waals surface area (Å²) in [6.07, 6.45) is 0. The minimum Gasteiger partial charge on any atom is -0.423 e. The Labute approximate surface area is 153 Å². The van der Waals surface area contributed by atoms with E-state index in [0.29, 0.717) is 18.8 Å². The van der Waals surface area contributed by atoms with Crippen molar-refractivity contribution in [3.8, 4) is 5.75 Å². The molecule has 0 saturated carbocycles. The zero-order chi connectivity index (χ0) is 18.6. The average molecular weight is 382 g/mol. The summed E-state index contributed by atoms with van der Waals surface area (Å²) < 4.78 is 31.9. The summed E-state index contributed by atoms with van der Waals surface area (Å²) in [5, 5.41) is 0.135. The molecule has 134 valence electrons. The number of esters is 1. The van der Waals surface area contributed by atoms with Gasteiger partial charge in [-0.05, 0) is 42.8 Å². The summed E-state index contributed by atoms with van der Waals surface area (Å²) in [6, 6.07) is 11.0. The van der Waals surface area contributed by atoms with Gasteiger partial charge in [0.2, 0.25) is 10.0 Å². The first-order valence-electron chi connectivity index (χ1n) is 7.88. The van der Waals surface area contributed by atoms with Crippen LogP contribution in [0, 0.1) is 6.92 Å². The van der Waals surface area contributed by atoms with Gasteiger partial charge in [0, 0.05) is 13.1 Å². The molecule has 0 amide bonds. The van der Waals surface area contributed by atoms with Gasteiger partial charge in [-0.15, -0.1) is 0 Å². The van der Waals surface area contributed by atoms with Crippen LogP contribution < -0.4 is 4.74 Å². The van der Waals surface area contributed by atoms with Gasteiger partial charge in [0.25, 0.3) is 0 Å². The predicted molar refractivity (Wildman–Crippen MR) is 97.7 cm³/mol. The smallest absolute Gasteiger partial charge is 0.345 e. The zero-order valence-electron chi connectivity index (χ0n) is 14.3. The lowest BCUT2D eigenvalue weighted by Gasteiger charge is -2.19. The van der Waals surface area contributed by atoms with Gasteiger partial charge >= 0.3 is 5.97 Å². The van der Waals surface area contributed by atoms with Crippen LogP contribution in [0.1, 0.15) is 29.8 Å². The summed E-state index contributed by atoms with van der Waals surface area (Å²) in [4.78, 5) is 12.4. The van der Waals surface area contributed by atoms with Crippen LogP contribution in [0.4, 0.5) is 0 Å². The molecule has 2 rings (SSSR count). The van der Waals surface area contributed by atoms with Crippen molar-refractivity contribution in [2.45, 2.75) is 25.7 Å². The Kier molecular flexibility index (Phi) is 6.21. The molecule has 7 heteroatoms. The number of carbonyl (C=O) groups is 1. The number of hydrogen-bond donors (Lipinski definition) is 0. The third-order valence-corrected chi connectivity index (χ3v) is 6.08. The van der Waals surface area contributed by atoms with Crippen LogP contribution in [0.15, 0.2) is 47.4 Å². The first kappa shape index (κ1) is 19.4. The van der Waals surface area contributed by atoms with Crippen LogP contribution in [0.3, 0.4) is 0 Å². The summed E-state index contributed by atoms with van der Waals surface area (Å²) in [6.45, 7) is 6.06. The molecule has 0 aliphatic rings. The van der Waals surface area contributed by atoms with Crippen molar-refractivity contribution in [3.05, 3.63) is 58.6 Å². The highest BCUT2D eigenvalue weighted by atomic mass is 35.5. The lowest BCUT2D eigenvalue weighted by Crippen LogP contribution is -2.30. The van der Waals surface area contributed by atoms with Crippen molar-refractivity contribution in [3.63, 3.8) is 0 Å². The van der Waals surface area contributed by atoms with Crippen LogP contribution in [0.5, 0.6) is 5.75 Å². The second-order valence-corrected chi connectivity index (χ2v) is 7.78. The number of aryl methyl sites for hydroxylation is 1. The molecule has 0 aliphatic carbocycles. The van der Waals surface area contributed by atoms with E-state index < -0.39 is 16.0 Å². The topological polar surface area (TPSA) is 63.7 Å². The fourth-order valence-corrected chi connectivity index (χ4v) is 4.05. The van der Waals surface area contributed by atoms with Crippen molar-refractivity contribution in [2.24, 2.45) is 0 Å². The third kappa shape index (κ3) is 4.39. The molecule has 0 aliphatic heterocycles. The van der Waals surface area contributed by atoms with Crippen molar-refractivity contribution in [1.82, 2.24) is 4.31 Å². The van der Waals surface area contributed by atoms with Crippen LogP contribution in [0.2, 0.25) is 5.02 Å². The number of hydrogen-bond acceptors (Lipinski definition) is 4. The van der Waals surface area contributed by atoms with E-state index in [9.17, 15) is 13.2 Å². The number of nitrogens with zero attached hydrogens (tertiary/aromatic N) is 1. The summed E-state index contributed by atoms with van der Waals surface area (Å²) in [7, 11) is -3.69. The first-order valence-corrected chi connectivity index (χ1v) is 9.70. The highest BCUT2D eigenvalue weighted by Crippen LogP contribution is 2.24. The van der Waals surface area contributed by atoms with Crippen molar-refractivity contribution in [1.29, 1.82) is 0 Å². The highest BCUT2D eigenvalue weighted by molar-refractivity contribution is 7.89. The van der Waals surface area contributed by atoms with Gasteiger partial charge in [-0.25, -0.2) is 13.2 Å². The predicted octanol–water partition coefficient (Wildman–Crippen LogP) is 3.90. The minimum atomic E-state index is -3.69. The molecule has 0 bridgehead atoms. The van der Waals surface area contributed by atoms with E-state index in [2.05, 4.69) is 0 Å². The second-order valence-electron chi connectivity index (χ2n) is 5.44. The van der Waals surface area contributed by atoms with Crippen LogP contribution in [0.25, 0.3) is 0 Å². The molecule has 0 aromatic heterocycles. The first-order chi connectivity index (χ1) is 11.8. The van der Waals surface area contributed by atoms with Crippen molar-refractivity contribution < 1.29 is 17.9 Å². The normalized spacial score (nSPS) is 11.6. The number of sulfonamides is 1. The molecule has 0 saturated heterocycles. The molecule has 0 atom stereocenters. The molecular formula is C18H20ClNO4S. The number of halogens is 1. The molecule has 0 heterocycles. The molecule has 0 unspecified atom stereocenters. The Morgan fingerprint density at radius 1 is 1.12 bits per heavy atom. The molecule has 2 aromatic carbocycles. The fourth-order valence-electron chi connectivity index (χ4n) is 2.37. The van der Waals surface area contributed by atoms with Gasteiger partial charge in [0.15, 0.2) is 0 Å². The highest BCUT2D eigenvalue weighted by Gasteiger charge is 2.24. The van der Waals surface area contributed by atoms with Crippen LogP contribution >= 0.6 is 11.6 Å². The standard InChI is InChI=1S/C18H20ClNO4S/c1-4-20(5-2)25(22,23)15-9-10-17(19)16(12-15)18(21)24-14-8-6-7-13(3)11-14/h6-12H,4-5H2,1-3H3. The third-order valence-electron chi connectivity index (χ3n) is 3.70. The Morgan fingerprint density at radius 3 is 2.40 bits per heavy atom. The van der Waals surface area contributed by atoms with E-state index in [1.165, 1.54) is 22.5 Å². The summed E-state index contributed by atoms with van der Waals surface area (Å²) in [5.41, 5.74) is 0.950. The van der Waals surface area contributed by atoms with Gasteiger partial charge in [0.05, 0.1) is 15.5 Å². The van der Waals surface area contributed by atoms with Crippen LogP contribution in [-0.4, -0.2) is 31.8 Å². The summed E-state index contributed by atoms with van der Waals surface area (Å²) >= 11 is 6.08. The Hall–Kier alpha value is -1.89. The fraction of sp³-hybridized carbons (Fsp3) is 0.278. The monoisotopic (exact) mass is 381 g/mol. The Morgan fingerprint density at radius 2 is 1.80 bits per heavy atom. The number of benzene rings is 2. The Bertz CT molecular complexity index is 876. The van der Waals surface area contributed by atoms with Gasteiger partial charge in [0.1, 0.15) is 5.75 Å². The molecule has 25 heavy (non-hydrogen) atoms. The van der Waals surface area contributed by atoms with Gasteiger partial charge in [-0.2, -0.15) is 4.31 Å². The number of ether oxygens (including phenoxy) is 1. The van der Waals surface area contributed by atoms with Gasteiger partial charge in [-0.3, -0.25) is 0 Å². The lowest BCUT2D eigenvalue weighted by atomic mass is 10.2. The maximum atomic E-state index is 12.6. The number of carbonyl (C=O) groups excluding carboxylic acids is 1. The van der Waals surface area contributed by atoms with E-state index in [0.717, 1.165) is 5.56 Å². The van der Waals surface area contributed by atoms with Crippen molar-refractivity contribution >= 4 is 27.6 Å². The molecule has 2 aromatic rings. The second kappa shape index (κ2) is 7.99. The quantitative estimate of drug-likeness (QED) is 0.562. The maximum absolute atomic E-state index is 12.6. The molecular weight excluding hydrogens is 362 g/mol. The molecule has 5 nitrogen and oxygen atoms in total. The van der Waals surface area contributed by atoms with Crippen molar-refractivity contribution in [2.75, 3.05) is 13.1 Å². The maximum Gasteiger partial charge on any atom is 0.345 e.